The first-order chi connectivity index (χ1) is 5.27. The Hall–Kier alpha value is -0.630. The van der Waals surface area contributed by atoms with Crippen LogP contribution in [0.25, 0.3) is 0 Å². The Kier molecular flexibility index (Phi) is 2.83. The van der Waals surface area contributed by atoms with Gasteiger partial charge in [-0.15, -0.1) is 0 Å². The third-order valence-electron chi connectivity index (χ3n) is 1.64. The maximum absolute atomic E-state index is 5.63. The van der Waals surface area contributed by atoms with Gasteiger partial charge in [-0.1, -0.05) is 13.8 Å². The summed E-state index contributed by atoms with van der Waals surface area (Å²) in [6.45, 7) is 4.16. The monoisotopic (exact) mass is 170 g/mol. The fourth-order valence-electron chi connectivity index (χ4n) is 1.02. The first kappa shape index (κ1) is 8.47. The van der Waals surface area contributed by atoms with Gasteiger partial charge in [-0.25, -0.2) is 9.97 Å². The molecule has 0 saturated carbocycles. The van der Waals surface area contributed by atoms with E-state index in [2.05, 4.69) is 23.8 Å². The molecule has 11 heavy (non-hydrogen) atoms. The summed E-state index contributed by atoms with van der Waals surface area (Å²) in [5.41, 5.74) is 2.25. The molecule has 0 saturated heterocycles. The lowest BCUT2D eigenvalue weighted by molar-refractivity contribution is 0.930. The Balaban J connectivity index is 3.06. The summed E-state index contributed by atoms with van der Waals surface area (Å²) in [5, 5.41) is 0.346. The van der Waals surface area contributed by atoms with Crippen LogP contribution in [0.4, 0.5) is 0 Å². The van der Waals surface area contributed by atoms with E-state index in [0.717, 1.165) is 18.5 Å². The second kappa shape index (κ2) is 3.67. The summed E-state index contributed by atoms with van der Waals surface area (Å²) >= 11 is 5.63. The fraction of sp³-hybridized carbons (Fsp3) is 0.500. The Bertz CT molecular complexity index is 248. The average Bonchev–Trinajstić information content (AvgIpc) is 2.04. The molecule has 0 bridgehead atoms. The van der Waals surface area contributed by atoms with Gasteiger partial charge in [0, 0.05) is 11.9 Å². The van der Waals surface area contributed by atoms with Crippen molar-refractivity contribution in [3.63, 3.8) is 0 Å². The van der Waals surface area contributed by atoms with Crippen LogP contribution in [-0.2, 0) is 12.8 Å². The van der Waals surface area contributed by atoms with E-state index in [1.807, 2.05) is 0 Å². The Labute approximate surface area is 71.6 Å². The van der Waals surface area contributed by atoms with Crippen molar-refractivity contribution in [1.82, 2.24) is 9.97 Å². The SMILES string of the molecule is CCc1cnc(Cl)nc1CC. The molecule has 0 unspecified atom stereocenters. The van der Waals surface area contributed by atoms with Crippen LogP contribution in [0.5, 0.6) is 0 Å². The van der Waals surface area contributed by atoms with E-state index >= 15 is 0 Å². The average molecular weight is 171 g/mol. The lowest BCUT2D eigenvalue weighted by Crippen LogP contribution is -1.97. The number of rotatable bonds is 2. The zero-order chi connectivity index (χ0) is 8.27. The van der Waals surface area contributed by atoms with E-state index in [-0.39, 0.29) is 0 Å². The van der Waals surface area contributed by atoms with Crippen molar-refractivity contribution in [2.24, 2.45) is 0 Å². The van der Waals surface area contributed by atoms with E-state index in [1.54, 1.807) is 6.20 Å². The van der Waals surface area contributed by atoms with Crippen molar-refractivity contribution in [3.8, 4) is 0 Å². The van der Waals surface area contributed by atoms with Gasteiger partial charge < -0.3 is 0 Å². The van der Waals surface area contributed by atoms with Crippen molar-refractivity contribution in [2.45, 2.75) is 26.7 Å². The van der Waals surface area contributed by atoms with Gasteiger partial charge in [0.15, 0.2) is 0 Å². The van der Waals surface area contributed by atoms with E-state index in [0.29, 0.717) is 5.28 Å². The number of hydrogen-bond donors (Lipinski definition) is 0. The van der Waals surface area contributed by atoms with Gasteiger partial charge in [0.2, 0.25) is 5.28 Å². The van der Waals surface area contributed by atoms with E-state index in [4.69, 9.17) is 11.6 Å². The minimum absolute atomic E-state index is 0.346. The van der Waals surface area contributed by atoms with Gasteiger partial charge in [-0.05, 0) is 30.0 Å². The molecule has 0 spiro atoms. The van der Waals surface area contributed by atoms with E-state index in [1.165, 1.54) is 5.56 Å². The summed E-state index contributed by atoms with van der Waals surface area (Å²) < 4.78 is 0. The Morgan fingerprint density at radius 1 is 1.36 bits per heavy atom. The van der Waals surface area contributed by atoms with E-state index in [9.17, 15) is 0 Å². The number of aryl methyl sites for hydroxylation is 2. The predicted octanol–water partition coefficient (Wildman–Crippen LogP) is 2.25. The first-order valence-corrected chi connectivity index (χ1v) is 4.16. The highest BCUT2D eigenvalue weighted by Gasteiger charge is 2.00. The normalized spacial score (nSPS) is 10.1. The van der Waals surface area contributed by atoms with E-state index < -0.39 is 0 Å². The Morgan fingerprint density at radius 3 is 2.64 bits per heavy atom. The van der Waals surface area contributed by atoms with Crippen LogP contribution in [0.1, 0.15) is 25.1 Å². The Morgan fingerprint density at radius 2 is 2.09 bits per heavy atom. The molecule has 0 amide bonds. The zero-order valence-electron chi connectivity index (χ0n) is 6.76. The third kappa shape index (κ3) is 1.90. The van der Waals surface area contributed by atoms with Crippen LogP contribution in [0, 0.1) is 0 Å². The second-order valence-corrected chi connectivity index (χ2v) is 2.66. The summed E-state index contributed by atoms with van der Waals surface area (Å²) in [5.74, 6) is 0. The molecule has 0 aliphatic rings. The number of aromatic nitrogens is 2. The van der Waals surface area contributed by atoms with Crippen LogP contribution < -0.4 is 0 Å². The summed E-state index contributed by atoms with van der Waals surface area (Å²) in [6.07, 6.45) is 3.69. The third-order valence-corrected chi connectivity index (χ3v) is 1.82. The van der Waals surface area contributed by atoms with Crippen LogP contribution in [0.15, 0.2) is 6.20 Å². The molecule has 0 atom stereocenters. The molecule has 60 valence electrons. The number of nitrogens with zero attached hydrogens (tertiary/aromatic N) is 2. The minimum atomic E-state index is 0.346. The first-order valence-electron chi connectivity index (χ1n) is 3.78. The standard InChI is InChI=1S/C8H11ClN2/c1-3-6-5-10-8(9)11-7(6)4-2/h5H,3-4H2,1-2H3. The zero-order valence-corrected chi connectivity index (χ0v) is 7.52. The second-order valence-electron chi connectivity index (χ2n) is 2.32. The highest BCUT2D eigenvalue weighted by molar-refractivity contribution is 6.28. The van der Waals surface area contributed by atoms with Crippen molar-refractivity contribution >= 4 is 11.6 Å². The molecule has 0 aliphatic carbocycles. The molecule has 0 aromatic carbocycles. The largest absolute Gasteiger partial charge is 0.226 e. The molecule has 3 heteroatoms. The summed E-state index contributed by atoms with van der Waals surface area (Å²) in [4.78, 5) is 8.03. The van der Waals surface area contributed by atoms with Crippen molar-refractivity contribution in [1.29, 1.82) is 0 Å². The van der Waals surface area contributed by atoms with Gasteiger partial charge in [0.25, 0.3) is 0 Å². The van der Waals surface area contributed by atoms with Crippen LogP contribution in [-0.4, -0.2) is 9.97 Å². The van der Waals surface area contributed by atoms with Gasteiger partial charge in [0.05, 0.1) is 0 Å². The number of halogens is 1. The summed E-state index contributed by atoms with van der Waals surface area (Å²) in [6, 6.07) is 0. The minimum Gasteiger partial charge on any atom is -0.226 e. The van der Waals surface area contributed by atoms with Gasteiger partial charge >= 0.3 is 0 Å². The summed E-state index contributed by atoms with van der Waals surface area (Å²) in [7, 11) is 0. The molecule has 0 radical (unpaired) electrons. The predicted molar refractivity (Wildman–Crippen MR) is 45.8 cm³/mol. The fourth-order valence-corrected chi connectivity index (χ4v) is 1.17. The van der Waals surface area contributed by atoms with Crippen LogP contribution in [0.2, 0.25) is 5.28 Å². The van der Waals surface area contributed by atoms with Gasteiger partial charge in [0.1, 0.15) is 0 Å². The maximum atomic E-state index is 5.63. The van der Waals surface area contributed by atoms with Crippen LogP contribution >= 0.6 is 11.6 Å². The molecule has 2 nitrogen and oxygen atoms in total. The van der Waals surface area contributed by atoms with Crippen molar-refractivity contribution in [3.05, 3.63) is 22.7 Å². The lowest BCUT2D eigenvalue weighted by Gasteiger charge is -2.02. The van der Waals surface area contributed by atoms with Crippen molar-refractivity contribution in [2.75, 3.05) is 0 Å². The molecular weight excluding hydrogens is 160 g/mol. The molecule has 0 N–H and O–H groups in total. The molecule has 0 aliphatic heterocycles. The van der Waals surface area contributed by atoms with Crippen molar-refractivity contribution < 1.29 is 0 Å². The maximum Gasteiger partial charge on any atom is 0.222 e. The lowest BCUT2D eigenvalue weighted by atomic mass is 10.1. The molecule has 1 aromatic rings. The molecular formula is C8H11ClN2. The smallest absolute Gasteiger partial charge is 0.222 e. The van der Waals surface area contributed by atoms with Gasteiger partial charge in [-0.2, -0.15) is 0 Å². The highest BCUT2D eigenvalue weighted by Crippen LogP contribution is 2.09. The highest BCUT2D eigenvalue weighted by atomic mass is 35.5. The molecule has 1 aromatic heterocycles. The topological polar surface area (TPSA) is 25.8 Å². The van der Waals surface area contributed by atoms with Crippen LogP contribution in [0.3, 0.4) is 0 Å². The number of hydrogen-bond acceptors (Lipinski definition) is 2. The quantitative estimate of drug-likeness (QED) is 0.637. The van der Waals surface area contributed by atoms with Gasteiger partial charge in [-0.3, -0.25) is 0 Å². The molecule has 1 rings (SSSR count). The molecule has 0 fully saturated rings. The molecule has 1 heterocycles.